The molecule has 0 atom stereocenters. The highest BCUT2D eigenvalue weighted by Gasteiger charge is 2.12. The third-order valence-electron chi connectivity index (χ3n) is 3.08. The van der Waals surface area contributed by atoms with E-state index in [4.69, 9.17) is 13.9 Å². The van der Waals surface area contributed by atoms with Gasteiger partial charge in [-0.1, -0.05) is 6.58 Å². The van der Waals surface area contributed by atoms with Gasteiger partial charge in [0.25, 0.3) is 0 Å². The average molecular weight is 332 g/mol. The fourth-order valence-corrected chi connectivity index (χ4v) is 1.98. The van der Waals surface area contributed by atoms with Crippen LogP contribution in [0.5, 0.6) is 5.75 Å². The van der Waals surface area contributed by atoms with Crippen LogP contribution in [0.25, 0.3) is 11.0 Å². The zero-order valence-corrected chi connectivity index (χ0v) is 13.0. The molecule has 0 aliphatic heterocycles. The Labute approximate surface area is 137 Å². The normalized spacial score (nSPS) is 10.4. The average Bonchev–Trinajstić information content (AvgIpc) is 2.50. The Bertz CT molecular complexity index is 848. The van der Waals surface area contributed by atoms with Crippen molar-refractivity contribution in [2.24, 2.45) is 0 Å². The van der Waals surface area contributed by atoms with Gasteiger partial charge in [-0.2, -0.15) is 0 Å². The summed E-state index contributed by atoms with van der Waals surface area (Å²) in [6.45, 7) is 4.76. The SMILES string of the molecule is C=C(C)C(=O)OCCOC(=O)Cc1cc(=O)oc2cc(O)ccc12. The molecule has 0 fully saturated rings. The highest BCUT2D eigenvalue weighted by Crippen LogP contribution is 2.22. The highest BCUT2D eigenvalue weighted by atomic mass is 16.6. The minimum absolute atomic E-state index is 0.0512. The number of benzene rings is 1. The number of rotatable bonds is 6. The lowest BCUT2D eigenvalue weighted by Gasteiger charge is -2.07. The monoisotopic (exact) mass is 332 g/mol. The van der Waals surface area contributed by atoms with Crippen molar-refractivity contribution in [3.05, 3.63) is 52.4 Å². The van der Waals surface area contributed by atoms with Crippen molar-refractivity contribution < 1.29 is 28.6 Å². The lowest BCUT2D eigenvalue weighted by molar-refractivity contribution is -0.149. The number of fused-ring (bicyclic) bond motifs is 1. The molecular weight excluding hydrogens is 316 g/mol. The summed E-state index contributed by atoms with van der Waals surface area (Å²) in [6, 6.07) is 5.46. The Morgan fingerprint density at radius 3 is 2.62 bits per heavy atom. The van der Waals surface area contributed by atoms with Gasteiger partial charge in [0, 0.05) is 23.1 Å². The maximum atomic E-state index is 11.9. The molecule has 0 aliphatic rings. The minimum atomic E-state index is -0.633. The molecule has 7 heteroatoms. The molecule has 0 radical (unpaired) electrons. The summed E-state index contributed by atoms with van der Waals surface area (Å²) >= 11 is 0. The van der Waals surface area contributed by atoms with Crippen LogP contribution in [0.3, 0.4) is 0 Å². The van der Waals surface area contributed by atoms with Crippen molar-refractivity contribution >= 4 is 22.9 Å². The number of phenols is 1. The van der Waals surface area contributed by atoms with Crippen molar-refractivity contribution in [3.63, 3.8) is 0 Å². The molecule has 0 spiro atoms. The number of esters is 2. The Hall–Kier alpha value is -3.09. The predicted molar refractivity (Wildman–Crippen MR) is 84.6 cm³/mol. The fourth-order valence-electron chi connectivity index (χ4n) is 1.98. The van der Waals surface area contributed by atoms with Crippen LogP contribution in [-0.4, -0.2) is 30.3 Å². The summed E-state index contributed by atoms with van der Waals surface area (Å²) < 4.78 is 14.7. The van der Waals surface area contributed by atoms with Crippen LogP contribution in [0, 0.1) is 0 Å². The lowest BCUT2D eigenvalue weighted by atomic mass is 10.1. The van der Waals surface area contributed by atoms with E-state index in [-0.39, 0.29) is 36.5 Å². The molecule has 0 saturated carbocycles. The number of phenolic OH excluding ortho intramolecular Hbond substituents is 1. The topological polar surface area (TPSA) is 103 Å². The molecule has 0 bridgehead atoms. The van der Waals surface area contributed by atoms with Gasteiger partial charge in [0.2, 0.25) is 0 Å². The summed E-state index contributed by atoms with van der Waals surface area (Å²) in [6.07, 6.45) is -0.151. The fraction of sp³-hybridized carbons (Fsp3) is 0.235. The van der Waals surface area contributed by atoms with Gasteiger partial charge in [-0.05, 0) is 24.6 Å². The Morgan fingerprint density at radius 2 is 1.92 bits per heavy atom. The van der Waals surface area contributed by atoms with E-state index in [1.165, 1.54) is 25.1 Å². The van der Waals surface area contributed by atoms with Crippen molar-refractivity contribution in [1.29, 1.82) is 0 Å². The van der Waals surface area contributed by atoms with Crippen molar-refractivity contribution in [1.82, 2.24) is 0 Å². The molecule has 0 unspecified atom stereocenters. The summed E-state index contributed by atoms with van der Waals surface area (Å²) in [7, 11) is 0. The maximum Gasteiger partial charge on any atom is 0.336 e. The van der Waals surface area contributed by atoms with E-state index in [2.05, 4.69) is 6.58 Å². The Balaban J connectivity index is 1.99. The minimum Gasteiger partial charge on any atom is -0.508 e. The van der Waals surface area contributed by atoms with E-state index >= 15 is 0 Å². The van der Waals surface area contributed by atoms with Crippen LogP contribution < -0.4 is 5.63 Å². The second-order valence-corrected chi connectivity index (χ2v) is 5.08. The van der Waals surface area contributed by atoms with Crippen LogP contribution in [0.1, 0.15) is 12.5 Å². The number of carbonyl (C=O) groups excluding carboxylic acids is 2. The molecule has 7 nitrogen and oxygen atoms in total. The third-order valence-corrected chi connectivity index (χ3v) is 3.08. The van der Waals surface area contributed by atoms with Gasteiger partial charge in [-0.3, -0.25) is 4.79 Å². The largest absolute Gasteiger partial charge is 0.508 e. The molecule has 0 amide bonds. The number of ether oxygens (including phenoxy) is 2. The van der Waals surface area contributed by atoms with Crippen LogP contribution in [0.15, 0.2) is 45.6 Å². The first kappa shape index (κ1) is 17.3. The van der Waals surface area contributed by atoms with Crippen molar-refractivity contribution in [3.8, 4) is 5.75 Å². The Morgan fingerprint density at radius 1 is 1.21 bits per heavy atom. The summed E-state index contributed by atoms with van der Waals surface area (Å²) in [5, 5.41) is 9.95. The number of carbonyl (C=O) groups is 2. The molecule has 2 aromatic rings. The van der Waals surface area contributed by atoms with Crippen LogP contribution >= 0.6 is 0 Å². The first-order valence-electron chi connectivity index (χ1n) is 7.11. The number of hydrogen-bond acceptors (Lipinski definition) is 7. The quantitative estimate of drug-likeness (QED) is 0.372. The van der Waals surface area contributed by atoms with E-state index in [1.807, 2.05) is 0 Å². The van der Waals surface area contributed by atoms with Crippen molar-refractivity contribution in [2.75, 3.05) is 13.2 Å². The summed E-state index contributed by atoms with van der Waals surface area (Å²) in [5.74, 6) is -1.19. The molecule has 126 valence electrons. The molecule has 2 rings (SSSR count). The smallest absolute Gasteiger partial charge is 0.336 e. The van der Waals surface area contributed by atoms with Gasteiger partial charge in [-0.25, -0.2) is 9.59 Å². The molecule has 24 heavy (non-hydrogen) atoms. The highest BCUT2D eigenvalue weighted by molar-refractivity contribution is 5.87. The first-order valence-corrected chi connectivity index (χ1v) is 7.11. The second kappa shape index (κ2) is 7.45. The zero-order chi connectivity index (χ0) is 17.7. The van der Waals surface area contributed by atoms with Gasteiger partial charge in [0.05, 0.1) is 6.42 Å². The van der Waals surface area contributed by atoms with Gasteiger partial charge in [-0.15, -0.1) is 0 Å². The maximum absolute atomic E-state index is 11.9. The van der Waals surface area contributed by atoms with E-state index < -0.39 is 17.6 Å². The van der Waals surface area contributed by atoms with Crippen molar-refractivity contribution in [2.45, 2.75) is 13.3 Å². The predicted octanol–water partition coefficient (Wildman–Crippen LogP) is 1.70. The third kappa shape index (κ3) is 4.45. The second-order valence-electron chi connectivity index (χ2n) is 5.08. The molecule has 1 aromatic heterocycles. The number of aromatic hydroxyl groups is 1. The first-order chi connectivity index (χ1) is 11.4. The molecule has 1 heterocycles. The van der Waals surface area contributed by atoms with E-state index in [1.54, 1.807) is 6.07 Å². The standard InChI is InChI=1S/C17H16O7/c1-10(2)17(21)23-6-5-22-15(19)7-11-8-16(20)24-14-9-12(18)3-4-13(11)14/h3-4,8-9,18H,1,5-7H2,2H3. The summed E-state index contributed by atoms with van der Waals surface area (Å²) in [5.41, 5.74) is 0.226. The van der Waals surface area contributed by atoms with E-state index in [9.17, 15) is 19.5 Å². The van der Waals surface area contributed by atoms with Crippen LogP contribution in [0.2, 0.25) is 0 Å². The van der Waals surface area contributed by atoms with E-state index in [0.29, 0.717) is 10.9 Å². The van der Waals surface area contributed by atoms with Gasteiger partial charge in [0.15, 0.2) is 0 Å². The Kier molecular flexibility index (Phi) is 5.36. The van der Waals surface area contributed by atoms with Gasteiger partial charge < -0.3 is 19.0 Å². The van der Waals surface area contributed by atoms with E-state index in [0.717, 1.165) is 0 Å². The summed E-state index contributed by atoms with van der Waals surface area (Å²) in [4.78, 5) is 34.5. The zero-order valence-electron chi connectivity index (χ0n) is 13.0. The van der Waals surface area contributed by atoms with Crippen LogP contribution in [0.4, 0.5) is 0 Å². The molecule has 1 N–H and O–H groups in total. The molecular formula is C17H16O7. The van der Waals surface area contributed by atoms with Crippen LogP contribution in [-0.2, 0) is 25.5 Å². The lowest BCUT2D eigenvalue weighted by Crippen LogP contribution is -2.16. The molecule has 1 aromatic carbocycles. The number of hydrogen-bond donors (Lipinski definition) is 1. The van der Waals surface area contributed by atoms with Gasteiger partial charge in [0.1, 0.15) is 24.5 Å². The van der Waals surface area contributed by atoms with Gasteiger partial charge >= 0.3 is 17.6 Å². The molecule has 0 saturated heterocycles. The molecule has 0 aliphatic carbocycles.